The quantitative estimate of drug-likeness (QED) is 0.691. The number of pyridine rings is 1. The molecule has 2 aromatic heterocycles. The third kappa shape index (κ3) is 1.63. The Labute approximate surface area is 98.1 Å². The summed E-state index contributed by atoms with van der Waals surface area (Å²) in [6, 6.07) is 11.4. The van der Waals surface area contributed by atoms with E-state index in [1.54, 1.807) is 12.1 Å². The molecule has 0 bridgehead atoms. The number of nitrogen functional groups attached to an aromatic ring is 1. The smallest absolute Gasteiger partial charge is 0.229 e. The number of hydrogen-bond donors (Lipinski definition) is 1. The molecule has 0 aliphatic rings. The monoisotopic (exact) mass is 225 g/mol. The molecule has 3 rings (SSSR count). The van der Waals surface area contributed by atoms with E-state index in [0.29, 0.717) is 22.9 Å². The minimum absolute atomic E-state index is 0.446. The van der Waals surface area contributed by atoms with Crippen LogP contribution in [0.5, 0.6) is 0 Å². The zero-order chi connectivity index (χ0) is 11.8. The minimum Gasteiger partial charge on any atom is -0.434 e. The first-order chi connectivity index (χ1) is 8.24. The second kappa shape index (κ2) is 3.59. The van der Waals surface area contributed by atoms with Gasteiger partial charge in [0.1, 0.15) is 5.82 Å². The van der Waals surface area contributed by atoms with Crippen LogP contribution in [0.3, 0.4) is 0 Å². The van der Waals surface area contributed by atoms with Crippen LogP contribution in [0.4, 0.5) is 5.82 Å². The van der Waals surface area contributed by atoms with Crippen LogP contribution in [0.25, 0.3) is 22.7 Å². The van der Waals surface area contributed by atoms with Crippen molar-refractivity contribution in [3.63, 3.8) is 0 Å². The number of anilines is 1. The fourth-order valence-electron chi connectivity index (χ4n) is 1.76. The molecule has 3 aromatic rings. The number of aryl methyl sites for hydroxylation is 1. The lowest BCUT2D eigenvalue weighted by atomic mass is 10.1. The summed E-state index contributed by atoms with van der Waals surface area (Å²) in [5, 5.41) is 0. The van der Waals surface area contributed by atoms with Crippen LogP contribution < -0.4 is 5.73 Å². The van der Waals surface area contributed by atoms with E-state index in [4.69, 9.17) is 10.2 Å². The second-order valence-corrected chi connectivity index (χ2v) is 3.89. The van der Waals surface area contributed by atoms with Gasteiger partial charge in [0.15, 0.2) is 5.58 Å². The highest BCUT2D eigenvalue weighted by Crippen LogP contribution is 2.25. The molecular formula is C13H11N3O. The van der Waals surface area contributed by atoms with Crippen molar-refractivity contribution < 1.29 is 4.42 Å². The molecule has 0 fully saturated rings. The molecular weight excluding hydrogens is 214 g/mol. The average Bonchev–Trinajstić information content (AvgIpc) is 2.72. The Hall–Kier alpha value is -2.36. The van der Waals surface area contributed by atoms with E-state index < -0.39 is 0 Å². The predicted octanol–water partition coefficient (Wildman–Crippen LogP) is 2.78. The van der Waals surface area contributed by atoms with Gasteiger partial charge in [-0.3, -0.25) is 0 Å². The van der Waals surface area contributed by atoms with E-state index in [1.165, 1.54) is 0 Å². The minimum atomic E-state index is 0.446. The highest BCUT2D eigenvalue weighted by atomic mass is 16.3. The first kappa shape index (κ1) is 9.84. The van der Waals surface area contributed by atoms with Crippen molar-refractivity contribution in [2.24, 2.45) is 0 Å². The van der Waals surface area contributed by atoms with Gasteiger partial charge in [-0.05, 0) is 30.7 Å². The van der Waals surface area contributed by atoms with Crippen molar-refractivity contribution >= 4 is 17.0 Å². The zero-order valence-electron chi connectivity index (χ0n) is 9.34. The van der Waals surface area contributed by atoms with Crippen LogP contribution in [-0.4, -0.2) is 9.97 Å². The Kier molecular flexibility index (Phi) is 2.08. The normalized spacial score (nSPS) is 10.9. The van der Waals surface area contributed by atoms with E-state index in [1.807, 2.05) is 31.2 Å². The topological polar surface area (TPSA) is 64.9 Å². The number of nitrogens with zero attached hydrogens (tertiary/aromatic N) is 2. The molecule has 0 atom stereocenters. The average molecular weight is 225 g/mol. The number of aromatic nitrogens is 2. The van der Waals surface area contributed by atoms with E-state index in [-0.39, 0.29) is 0 Å². The molecule has 2 N–H and O–H groups in total. The van der Waals surface area contributed by atoms with E-state index in [2.05, 4.69) is 9.97 Å². The molecule has 0 amide bonds. The molecule has 0 saturated carbocycles. The Morgan fingerprint density at radius 3 is 2.71 bits per heavy atom. The lowest BCUT2D eigenvalue weighted by Gasteiger charge is -1.98. The molecule has 0 radical (unpaired) electrons. The molecule has 0 spiro atoms. The van der Waals surface area contributed by atoms with E-state index in [9.17, 15) is 0 Å². The molecule has 4 heteroatoms. The number of benzene rings is 1. The van der Waals surface area contributed by atoms with Crippen molar-refractivity contribution in [3.8, 4) is 11.5 Å². The molecule has 0 unspecified atom stereocenters. The third-order valence-corrected chi connectivity index (χ3v) is 2.65. The maximum absolute atomic E-state index is 5.66. The number of oxazole rings is 1. The molecule has 84 valence electrons. The van der Waals surface area contributed by atoms with Gasteiger partial charge in [-0.25, -0.2) is 4.98 Å². The number of nitrogens with two attached hydrogens (primary N) is 1. The summed E-state index contributed by atoms with van der Waals surface area (Å²) in [5.74, 6) is 1.03. The van der Waals surface area contributed by atoms with Gasteiger partial charge < -0.3 is 10.2 Å². The highest BCUT2D eigenvalue weighted by molar-refractivity contribution is 5.74. The fraction of sp³-hybridized carbons (Fsp3) is 0.0769. The van der Waals surface area contributed by atoms with Crippen LogP contribution >= 0.6 is 0 Å². The standard InChI is InChI=1S/C13H11N3O/c1-8-4-2-3-5-9(8)13-16-12-10(17-13)6-7-11(14)15-12/h2-7H,1H3,(H2,14,15). The lowest BCUT2D eigenvalue weighted by molar-refractivity contribution is 0.619. The maximum atomic E-state index is 5.66. The Morgan fingerprint density at radius 1 is 1.06 bits per heavy atom. The summed E-state index contributed by atoms with van der Waals surface area (Å²) in [6.07, 6.45) is 0. The number of fused-ring (bicyclic) bond motifs is 1. The Balaban J connectivity index is 2.22. The summed E-state index contributed by atoms with van der Waals surface area (Å²) >= 11 is 0. The van der Waals surface area contributed by atoms with Gasteiger partial charge in [-0.1, -0.05) is 18.2 Å². The zero-order valence-corrected chi connectivity index (χ0v) is 9.34. The first-order valence-corrected chi connectivity index (χ1v) is 5.33. The summed E-state index contributed by atoms with van der Waals surface area (Å²) in [4.78, 5) is 8.47. The fourth-order valence-corrected chi connectivity index (χ4v) is 1.76. The summed E-state index contributed by atoms with van der Waals surface area (Å²) < 4.78 is 5.66. The molecule has 4 nitrogen and oxygen atoms in total. The van der Waals surface area contributed by atoms with Crippen molar-refractivity contribution in [3.05, 3.63) is 42.0 Å². The highest BCUT2D eigenvalue weighted by Gasteiger charge is 2.10. The van der Waals surface area contributed by atoms with Gasteiger partial charge in [0, 0.05) is 5.56 Å². The number of hydrogen-bond acceptors (Lipinski definition) is 4. The van der Waals surface area contributed by atoms with Gasteiger partial charge in [-0.2, -0.15) is 4.98 Å². The van der Waals surface area contributed by atoms with Crippen LogP contribution in [-0.2, 0) is 0 Å². The third-order valence-electron chi connectivity index (χ3n) is 2.65. The molecule has 0 aliphatic carbocycles. The lowest BCUT2D eigenvalue weighted by Crippen LogP contribution is -1.88. The molecule has 0 saturated heterocycles. The molecule has 0 aliphatic heterocycles. The number of rotatable bonds is 1. The molecule has 2 heterocycles. The first-order valence-electron chi connectivity index (χ1n) is 5.33. The van der Waals surface area contributed by atoms with Gasteiger partial charge >= 0.3 is 0 Å². The van der Waals surface area contributed by atoms with Gasteiger partial charge in [0.05, 0.1) is 0 Å². The van der Waals surface area contributed by atoms with Crippen molar-refractivity contribution in [2.75, 3.05) is 5.73 Å². The van der Waals surface area contributed by atoms with Crippen molar-refractivity contribution in [1.82, 2.24) is 9.97 Å². The molecule has 1 aromatic carbocycles. The van der Waals surface area contributed by atoms with E-state index in [0.717, 1.165) is 11.1 Å². The SMILES string of the molecule is Cc1ccccc1-c1nc2nc(N)ccc2o1. The summed E-state index contributed by atoms with van der Waals surface area (Å²) in [6.45, 7) is 2.02. The maximum Gasteiger partial charge on any atom is 0.229 e. The van der Waals surface area contributed by atoms with Crippen LogP contribution in [0, 0.1) is 6.92 Å². The molecule has 17 heavy (non-hydrogen) atoms. The summed E-state index contributed by atoms with van der Waals surface area (Å²) in [7, 11) is 0. The predicted molar refractivity (Wildman–Crippen MR) is 66.4 cm³/mol. The van der Waals surface area contributed by atoms with Gasteiger partial charge in [0.2, 0.25) is 11.5 Å². The second-order valence-electron chi connectivity index (χ2n) is 3.89. The van der Waals surface area contributed by atoms with Crippen molar-refractivity contribution in [1.29, 1.82) is 0 Å². The Morgan fingerprint density at radius 2 is 1.88 bits per heavy atom. The van der Waals surface area contributed by atoms with Gasteiger partial charge in [-0.15, -0.1) is 0 Å². The van der Waals surface area contributed by atoms with E-state index >= 15 is 0 Å². The van der Waals surface area contributed by atoms with Crippen molar-refractivity contribution in [2.45, 2.75) is 6.92 Å². The summed E-state index contributed by atoms with van der Waals surface area (Å²) in [5.41, 5.74) is 8.90. The van der Waals surface area contributed by atoms with Gasteiger partial charge in [0.25, 0.3) is 0 Å². The Bertz CT molecular complexity index is 688. The van der Waals surface area contributed by atoms with Crippen LogP contribution in [0.2, 0.25) is 0 Å². The largest absolute Gasteiger partial charge is 0.434 e. The van der Waals surface area contributed by atoms with Crippen LogP contribution in [0.15, 0.2) is 40.8 Å². The van der Waals surface area contributed by atoms with Crippen LogP contribution in [0.1, 0.15) is 5.56 Å².